The fraction of sp³-hybridized carbons (Fsp3) is 0.462. The van der Waals surface area contributed by atoms with Gasteiger partial charge < -0.3 is 5.11 Å². The maximum absolute atomic E-state index is 12.0. The number of hydrogen-bond acceptors (Lipinski definition) is 3. The van der Waals surface area contributed by atoms with E-state index in [1.165, 1.54) is 11.4 Å². The van der Waals surface area contributed by atoms with Crippen molar-refractivity contribution in [3.05, 3.63) is 35.9 Å². The van der Waals surface area contributed by atoms with Gasteiger partial charge in [-0.1, -0.05) is 30.3 Å². The maximum atomic E-state index is 12.0. The van der Waals surface area contributed by atoms with Gasteiger partial charge in [0.05, 0.1) is 5.75 Å². The summed E-state index contributed by atoms with van der Waals surface area (Å²) >= 11 is 0. The van der Waals surface area contributed by atoms with Gasteiger partial charge in [-0.25, -0.2) is 12.7 Å². The molecule has 0 amide bonds. The van der Waals surface area contributed by atoms with E-state index in [0.29, 0.717) is 12.8 Å². The molecule has 19 heavy (non-hydrogen) atoms. The van der Waals surface area contributed by atoms with Crippen LogP contribution in [0.25, 0.3) is 0 Å². The van der Waals surface area contributed by atoms with Crippen molar-refractivity contribution < 1.29 is 18.3 Å². The first-order valence-electron chi connectivity index (χ1n) is 6.11. The molecule has 0 saturated carbocycles. The molecular formula is C13H19NO4S. The molecule has 0 aliphatic heterocycles. The molecule has 6 heteroatoms. The summed E-state index contributed by atoms with van der Waals surface area (Å²) in [7, 11) is -1.83. The molecule has 0 heterocycles. The lowest BCUT2D eigenvalue weighted by Crippen LogP contribution is -2.31. The Balaban J connectivity index is 2.44. The Bertz CT molecular complexity index is 499. The lowest BCUT2D eigenvalue weighted by atomic mass is 10.2. The summed E-state index contributed by atoms with van der Waals surface area (Å²) in [5.41, 5.74) is 0.977. The monoisotopic (exact) mass is 285 g/mol. The van der Waals surface area contributed by atoms with Crippen molar-refractivity contribution in [3.8, 4) is 0 Å². The van der Waals surface area contributed by atoms with Gasteiger partial charge in [0.1, 0.15) is 0 Å². The number of sulfonamides is 1. The van der Waals surface area contributed by atoms with E-state index in [4.69, 9.17) is 5.11 Å². The lowest BCUT2D eigenvalue weighted by molar-refractivity contribution is -0.137. The first kappa shape index (κ1) is 15.7. The van der Waals surface area contributed by atoms with E-state index in [1.807, 2.05) is 30.3 Å². The second-order valence-corrected chi connectivity index (χ2v) is 6.57. The van der Waals surface area contributed by atoms with Crippen LogP contribution in [-0.2, 0) is 21.2 Å². The van der Waals surface area contributed by atoms with Crippen molar-refractivity contribution in [1.82, 2.24) is 4.31 Å². The molecule has 0 bridgehead atoms. The summed E-state index contributed by atoms with van der Waals surface area (Å²) in [4.78, 5) is 10.4. The molecule has 0 aliphatic carbocycles. The number of carboxylic acid groups (broad SMARTS) is 1. The molecule has 1 rings (SSSR count). The number of aliphatic carboxylic acids is 1. The highest BCUT2D eigenvalue weighted by molar-refractivity contribution is 7.89. The van der Waals surface area contributed by atoms with Crippen LogP contribution in [0.5, 0.6) is 0 Å². The maximum Gasteiger partial charge on any atom is 0.303 e. The van der Waals surface area contributed by atoms with Gasteiger partial charge in [0.2, 0.25) is 10.0 Å². The highest BCUT2D eigenvalue weighted by atomic mass is 32.2. The number of carbonyl (C=O) groups is 1. The van der Waals surface area contributed by atoms with Crippen LogP contribution in [0.2, 0.25) is 0 Å². The molecule has 106 valence electrons. The zero-order chi connectivity index (χ0) is 14.3. The number of aryl methyl sites for hydroxylation is 1. The average Bonchev–Trinajstić information content (AvgIpc) is 2.37. The first-order chi connectivity index (χ1) is 8.92. The molecule has 5 nitrogen and oxygen atoms in total. The van der Waals surface area contributed by atoms with Gasteiger partial charge in [0.25, 0.3) is 0 Å². The Kier molecular flexibility index (Phi) is 5.98. The molecule has 1 aromatic carbocycles. The van der Waals surface area contributed by atoms with Gasteiger partial charge in [-0.05, 0) is 18.4 Å². The number of rotatable bonds is 8. The van der Waals surface area contributed by atoms with Crippen molar-refractivity contribution in [1.29, 1.82) is 0 Å². The van der Waals surface area contributed by atoms with Gasteiger partial charge in [-0.15, -0.1) is 0 Å². The molecule has 1 N–H and O–H groups in total. The van der Waals surface area contributed by atoms with Crippen LogP contribution in [0.15, 0.2) is 30.3 Å². The summed E-state index contributed by atoms with van der Waals surface area (Å²) < 4.78 is 25.2. The number of carboxylic acids is 1. The summed E-state index contributed by atoms with van der Waals surface area (Å²) in [5, 5.41) is 8.51. The Morgan fingerprint density at radius 2 is 1.89 bits per heavy atom. The fourth-order valence-corrected chi connectivity index (χ4v) is 2.85. The molecule has 0 saturated heterocycles. The molecule has 0 atom stereocenters. The van der Waals surface area contributed by atoms with E-state index >= 15 is 0 Å². The summed E-state index contributed by atoms with van der Waals surface area (Å²) in [6.07, 6.45) is 0.779. The number of nitrogens with zero attached hydrogens (tertiary/aromatic N) is 1. The third-order valence-corrected chi connectivity index (χ3v) is 4.68. The average molecular weight is 285 g/mol. The Hall–Kier alpha value is -1.40. The predicted octanol–water partition coefficient (Wildman–Crippen LogP) is 1.36. The molecule has 0 fully saturated rings. The third-order valence-electron chi connectivity index (χ3n) is 2.83. The van der Waals surface area contributed by atoms with E-state index in [1.54, 1.807) is 0 Å². The minimum absolute atomic E-state index is 0.0153. The first-order valence-corrected chi connectivity index (χ1v) is 7.72. The molecule has 0 aliphatic rings. The molecule has 0 unspecified atom stereocenters. The van der Waals surface area contributed by atoms with E-state index in [0.717, 1.165) is 5.56 Å². The minimum atomic E-state index is -3.32. The van der Waals surface area contributed by atoms with Crippen molar-refractivity contribution in [3.63, 3.8) is 0 Å². The highest BCUT2D eigenvalue weighted by Gasteiger charge is 2.17. The summed E-state index contributed by atoms with van der Waals surface area (Å²) in [6.45, 7) is 0.240. The van der Waals surface area contributed by atoms with Crippen molar-refractivity contribution in [2.75, 3.05) is 19.3 Å². The lowest BCUT2D eigenvalue weighted by Gasteiger charge is -2.16. The van der Waals surface area contributed by atoms with E-state index < -0.39 is 16.0 Å². The second-order valence-electron chi connectivity index (χ2n) is 4.37. The van der Waals surface area contributed by atoms with Gasteiger partial charge >= 0.3 is 5.97 Å². The zero-order valence-corrected chi connectivity index (χ0v) is 11.8. The van der Waals surface area contributed by atoms with E-state index in [-0.39, 0.29) is 18.7 Å². The second kappa shape index (κ2) is 7.25. The van der Waals surface area contributed by atoms with Crippen molar-refractivity contribution in [2.24, 2.45) is 0 Å². The fourth-order valence-electron chi connectivity index (χ4n) is 1.64. The molecule has 1 aromatic rings. The Morgan fingerprint density at radius 1 is 1.26 bits per heavy atom. The molecule has 0 radical (unpaired) electrons. The standard InChI is InChI=1S/C13H19NO4S/c1-14(10-5-8-13(15)16)19(17,18)11-9-12-6-3-2-4-7-12/h2-4,6-7H,5,8-11H2,1H3,(H,15,16). The SMILES string of the molecule is CN(CCCC(=O)O)S(=O)(=O)CCc1ccccc1. The normalized spacial score (nSPS) is 11.7. The van der Waals surface area contributed by atoms with Crippen LogP contribution >= 0.6 is 0 Å². The van der Waals surface area contributed by atoms with E-state index in [9.17, 15) is 13.2 Å². The van der Waals surface area contributed by atoms with Gasteiger partial charge in [-0.2, -0.15) is 0 Å². The van der Waals surface area contributed by atoms with Gasteiger partial charge in [0.15, 0.2) is 0 Å². The molecule has 0 aromatic heterocycles. The van der Waals surface area contributed by atoms with Crippen molar-refractivity contribution in [2.45, 2.75) is 19.3 Å². The summed E-state index contributed by atoms with van der Waals surface area (Å²) in [6, 6.07) is 9.41. The number of hydrogen-bond donors (Lipinski definition) is 1. The van der Waals surface area contributed by atoms with Gasteiger partial charge in [0, 0.05) is 20.0 Å². The third kappa shape index (κ3) is 5.85. The van der Waals surface area contributed by atoms with Crippen LogP contribution < -0.4 is 0 Å². The molecular weight excluding hydrogens is 266 g/mol. The zero-order valence-electron chi connectivity index (χ0n) is 10.9. The van der Waals surface area contributed by atoms with Crippen molar-refractivity contribution >= 4 is 16.0 Å². The minimum Gasteiger partial charge on any atom is -0.481 e. The Morgan fingerprint density at radius 3 is 2.47 bits per heavy atom. The van der Waals surface area contributed by atoms with Crippen LogP contribution in [0.1, 0.15) is 18.4 Å². The highest BCUT2D eigenvalue weighted by Crippen LogP contribution is 2.06. The van der Waals surface area contributed by atoms with E-state index in [2.05, 4.69) is 0 Å². The predicted molar refractivity (Wildman–Crippen MR) is 73.4 cm³/mol. The topological polar surface area (TPSA) is 74.7 Å². The van der Waals surface area contributed by atoms with Gasteiger partial charge in [-0.3, -0.25) is 4.79 Å². The number of benzene rings is 1. The summed E-state index contributed by atoms with van der Waals surface area (Å²) in [5.74, 6) is -0.865. The Labute approximate surface area is 113 Å². The van der Waals surface area contributed by atoms with Crippen LogP contribution in [0.3, 0.4) is 0 Å². The van der Waals surface area contributed by atoms with Crippen LogP contribution in [0.4, 0.5) is 0 Å². The largest absolute Gasteiger partial charge is 0.481 e. The smallest absolute Gasteiger partial charge is 0.303 e. The quantitative estimate of drug-likeness (QED) is 0.782. The molecule has 0 spiro atoms. The van der Waals surface area contributed by atoms with Crippen LogP contribution in [-0.4, -0.2) is 43.1 Å². The van der Waals surface area contributed by atoms with Crippen LogP contribution in [0, 0.1) is 0 Å².